The highest BCUT2D eigenvalue weighted by atomic mass is 16.1. The van der Waals surface area contributed by atoms with Crippen LogP contribution in [0.25, 0.3) is 0 Å². The number of piperidine rings is 1. The standard InChI is InChI=1S/C18H23N5O2/c1-13-3-6-19-12-16(13)18(25)20-10-14-4-7-23(8-5-14)15-9-17(24)22(2)21-11-15/h3,6,9,11-12,14H,4-5,7-8,10H2,1-2H3,(H,20,25). The average Bonchev–Trinajstić information content (AvgIpc) is 2.63. The minimum Gasteiger partial charge on any atom is -0.370 e. The summed E-state index contributed by atoms with van der Waals surface area (Å²) in [4.78, 5) is 30.2. The zero-order valence-electron chi connectivity index (χ0n) is 14.6. The fraction of sp³-hybridized carbons (Fsp3) is 0.444. The van der Waals surface area contributed by atoms with E-state index < -0.39 is 0 Å². The average molecular weight is 341 g/mol. The normalized spacial score (nSPS) is 15.2. The van der Waals surface area contributed by atoms with Crippen LogP contribution < -0.4 is 15.8 Å². The van der Waals surface area contributed by atoms with Gasteiger partial charge in [0.15, 0.2) is 0 Å². The second-order valence-electron chi connectivity index (χ2n) is 6.51. The number of rotatable bonds is 4. The van der Waals surface area contributed by atoms with Crippen molar-refractivity contribution >= 4 is 11.6 Å². The van der Waals surface area contributed by atoms with Crippen LogP contribution in [-0.4, -0.2) is 40.3 Å². The summed E-state index contributed by atoms with van der Waals surface area (Å²) in [6.07, 6.45) is 6.97. The Labute approximate surface area is 146 Å². The van der Waals surface area contributed by atoms with E-state index in [4.69, 9.17) is 0 Å². The summed E-state index contributed by atoms with van der Waals surface area (Å²) < 4.78 is 1.33. The summed E-state index contributed by atoms with van der Waals surface area (Å²) in [6, 6.07) is 3.46. The molecule has 3 rings (SSSR count). The number of nitrogens with zero attached hydrogens (tertiary/aromatic N) is 4. The van der Waals surface area contributed by atoms with Gasteiger partial charge in [-0.25, -0.2) is 4.68 Å². The van der Waals surface area contributed by atoms with Crippen LogP contribution in [0.2, 0.25) is 0 Å². The second-order valence-corrected chi connectivity index (χ2v) is 6.51. The molecular formula is C18H23N5O2. The molecule has 1 N–H and O–H groups in total. The van der Waals surface area contributed by atoms with E-state index in [1.165, 1.54) is 4.68 Å². The number of nitrogens with one attached hydrogen (secondary N) is 1. The highest BCUT2D eigenvalue weighted by Gasteiger charge is 2.21. The monoisotopic (exact) mass is 341 g/mol. The van der Waals surface area contributed by atoms with E-state index in [1.807, 2.05) is 13.0 Å². The molecule has 0 aromatic carbocycles. The number of aryl methyl sites for hydroxylation is 2. The Morgan fingerprint density at radius 1 is 1.32 bits per heavy atom. The predicted molar refractivity (Wildman–Crippen MR) is 95.7 cm³/mol. The molecule has 1 aliphatic rings. The van der Waals surface area contributed by atoms with Gasteiger partial charge in [-0.15, -0.1) is 0 Å². The number of amides is 1. The van der Waals surface area contributed by atoms with Gasteiger partial charge >= 0.3 is 0 Å². The Bertz CT molecular complexity index is 809. The van der Waals surface area contributed by atoms with Crippen LogP contribution in [0.1, 0.15) is 28.8 Å². The molecule has 7 heteroatoms. The quantitative estimate of drug-likeness (QED) is 0.902. The van der Waals surface area contributed by atoms with Crippen molar-refractivity contribution < 1.29 is 4.79 Å². The van der Waals surface area contributed by atoms with Crippen LogP contribution in [0.3, 0.4) is 0 Å². The zero-order valence-corrected chi connectivity index (χ0v) is 14.6. The van der Waals surface area contributed by atoms with E-state index in [2.05, 4.69) is 20.3 Å². The molecule has 25 heavy (non-hydrogen) atoms. The van der Waals surface area contributed by atoms with Crippen molar-refractivity contribution in [2.45, 2.75) is 19.8 Å². The molecule has 1 aliphatic heterocycles. The van der Waals surface area contributed by atoms with Crippen molar-refractivity contribution in [3.05, 3.63) is 52.2 Å². The van der Waals surface area contributed by atoms with Crippen molar-refractivity contribution in [2.75, 3.05) is 24.5 Å². The number of aromatic nitrogens is 3. The number of pyridine rings is 1. The third kappa shape index (κ3) is 4.04. The van der Waals surface area contributed by atoms with Crippen molar-refractivity contribution in [3.63, 3.8) is 0 Å². The lowest BCUT2D eigenvalue weighted by Crippen LogP contribution is -2.39. The minimum absolute atomic E-state index is 0.0659. The Morgan fingerprint density at radius 2 is 2.08 bits per heavy atom. The molecule has 0 spiro atoms. The molecule has 1 fully saturated rings. The first-order valence-corrected chi connectivity index (χ1v) is 8.51. The molecule has 1 amide bonds. The van der Waals surface area contributed by atoms with Crippen molar-refractivity contribution in [1.82, 2.24) is 20.1 Å². The molecule has 7 nitrogen and oxygen atoms in total. The van der Waals surface area contributed by atoms with Gasteiger partial charge in [0.25, 0.3) is 11.5 Å². The molecule has 2 aromatic rings. The third-order valence-corrected chi connectivity index (χ3v) is 4.77. The first-order chi connectivity index (χ1) is 12.0. The van der Waals surface area contributed by atoms with Crippen LogP contribution in [0, 0.1) is 12.8 Å². The van der Waals surface area contributed by atoms with E-state index in [1.54, 1.807) is 31.7 Å². The molecule has 3 heterocycles. The second kappa shape index (κ2) is 7.46. The molecule has 132 valence electrons. The maximum absolute atomic E-state index is 12.3. The maximum atomic E-state index is 12.3. The number of hydrogen-bond donors (Lipinski definition) is 1. The van der Waals surface area contributed by atoms with Crippen LogP contribution in [0.4, 0.5) is 5.69 Å². The molecule has 2 aromatic heterocycles. The van der Waals surface area contributed by atoms with Gasteiger partial charge < -0.3 is 10.2 Å². The molecule has 0 bridgehead atoms. The summed E-state index contributed by atoms with van der Waals surface area (Å²) in [7, 11) is 1.64. The summed E-state index contributed by atoms with van der Waals surface area (Å²) >= 11 is 0. The molecule has 0 radical (unpaired) electrons. The van der Waals surface area contributed by atoms with Gasteiger partial charge in [-0.1, -0.05) is 0 Å². The number of carbonyl (C=O) groups excluding carboxylic acids is 1. The minimum atomic E-state index is -0.0984. The van der Waals surface area contributed by atoms with Gasteiger partial charge in [-0.3, -0.25) is 14.6 Å². The predicted octanol–water partition coefficient (Wildman–Crippen LogP) is 1.13. The van der Waals surface area contributed by atoms with E-state index in [0.717, 1.165) is 37.2 Å². The number of anilines is 1. The smallest absolute Gasteiger partial charge is 0.268 e. The number of hydrogen-bond acceptors (Lipinski definition) is 5. The summed E-state index contributed by atoms with van der Waals surface area (Å²) in [5.41, 5.74) is 2.34. The van der Waals surface area contributed by atoms with Crippen molar-refractivity contribution in [2.24, 2.45) is 13.0 Å². The largest absolute Gasteiger partial charge is 0.370 e. The lowest BCUT2D eigenvalue weighted by atomic mass is 9.96. The fourth-order valence-corrected chi connectivity index (χ4v) is 3.06. The van der Waals surface area contributed by atoms with Gasteiger partial charge in [0.1, 0.15) is 0 Å². The van der Waals surface area contributed by atoms with Crippen LogP contribution in [0.5, 0.6) is 0 Å². The van der Waals surface area contributed by atoms with Crippen LogP contribution >= 0.6 is 0 Å². The van der Waals surface area contributed by atoms with E-state index in [0.29, 0.717) is 18.0 Å². The molecule has 0 aliphatic carbocycles. The first-order valence-electron chi connectivity index (χ1n) is 8.51. The molecule has 1 saturated heterocycles. The van der Waals surface area contributed by atoms with Gasteiger partial charge in [-0.05, 0) is 37.3 Å². The van der Waals surface area contributed by atoms with Crippen molar-refractivity contribution in [3.8, 4) is 0 Å². The highest BCUT2D eigenvalue weighted by molar-refractivity contribution is 5.95. The van der Waals surface area contributed by atoms with Crippen LogP contribution in [0.15, 0.2) is 35.5 Å². The zero-order chi connectivity index (χ0) is 17.8. The topological polar surface area (TPSA) is 80.1 Å². The van der Waals surface area contributed by atoms with Gasteiger partial charge in [-0.2, -0.15) is 5.10 Å². The van der Waals surface area contributed by atoms with E-state index in [9.17, 15) is 9.59 Å². The first kappa shape index (κ1) is 17.1. The lowest BCUT2D eigenvalue weighted by Gasteiger charge is -2.33. The van der Waals surface area contributed by atoms with Gasteiger partial charge in [0, 0.05) is 45.1 Å². The van der Waals surface area contributed by atoms with Gasteiger partial charge in [0.2, 0.25) is 0 Å². The Balaban J connectivity index is 1.51. The highest BCUT2D eigenvalue weighted by Crippen LogP contribution is 2.21. The fourth-order valence-electron chi connectivity index (χ4n) is 3.06. The van der Waals surface area contributed by atoms with E-state index in [-0.39, 0.29) is 11.5 Å². The molecule has 0 unspecified atom stereocenters. The summed E-state index contributed by atoms with van der Waals surface area (Å²) in [6.45, 7) is 4.30. The molecular weight excluding hydrogens is 318 g/mol. The van der Waals surface area contributed by atoms with Crippen LogP contribution in [-0.2, 0) is 7.05 Å². The maximum Gasteiger partial charge on any atom is 0.268 e. The Hall–Kier alpha value is -2.70. The molecule has 0 atom stereocenters. The summed E-state index contributed by atoms with van der Waals surface area (Å²) in [5, 5.41) is 7.09. The SMILES string of the molecule is Cc1ccncc1C(=O)NCC1CCN(c2cnn(C)c(=O)c2)CC1. The Morgan fingerprint density at radius 3 is 2.76 bits per heavy atom. The Kier molecular flexibility index (Phi) is 5.11. The number of carbonyl (C=O) groups is 1. The lowest BCUT2D eigenvalue weighted by molar-refractivity contribution is 0.0944. The third-order valence-electron chi connectivity index (χ3n) is 4.77. The van der Waals surface area contributed by atoms with Gasteiger partial charge in [0.05, 0.1) is 17.4 Å². The summed E-state index contributed by atoms with van der Waals surface area (Å²) in [5.74, 6) is 0.375. The van der Waals surface area contributed by atoms with E-state index >= 15 is 0 Å². The molecule has 0 saturated carbocycles. The van der Waals surface area contributed by atoms with Crippen molar-refractivity contribution in [1.29, 1.82) is 0 Å².